The van der Waals surface area contributed by atoms with Crippen molar-refractivity contribution in [1.82, 2.24) is 5.32 Å². The van der Waals surface area contributed by atoms with Crippen molar-refractivity contribution in [3.63, 3.8) is 0 Å². The molecule has 122 valence electrons. The number of rotatable bonds is 5. The van der Waals surface area contributed by atoms with E-state index < -0.39 is 29.8 Å². The molecule has 0 radical (unpaired) electrons. The number of alkyl halides is 3. The zero-order valence-electron chi connectivity index (χ0n) is 12.1. The number of carboxylic acids is 1. The van der Waals surface area contributed by atoms with Crippen molar-refractivity contribution in [2.24, 2.45) is 5.92 Å². The van der Waals surface area contributed by atoms with E-state index in [1.54, 1.807) is 13.8 Å². The number of carbonyl (C=O) groups excluding carboxylic acids is 1. The predicted molar refractivity (Wildman–Crippen MR) is 74.5 cm³/mol. The van der Waals surface area contributed by atoms with Crippen LogP contribution in [0.5, 0.6) is 0 Å². The Kier molecular flexibility index (Phi) is 5.78. The molecular weight excluding hydrogens is 301 g/mol. The van der Waals surface area contributed by atoms with Crippen molar-refractivity contribution < 1.29 is 27.9 Å². The molecule has 0 unspecified atom stereocenters. The highest BCUT2D eigenvalue weighted by Crippen LogP contribution is 2.30. The Morgan fingerprint density at radius 2 is 1.91 bits per heavy atom. The minimum atomic E-state index is -4.52. The number of nitrogens with one attached hydrogen (secondary N) is 2. The van der Waals surface area contributed by atoms with E-state index in [1.807, 2.05) is 0 Å². The van der Waals surface area contributed by atoms with E-state index in [-0.39, 0.29) is 18.0 Å². The average Bonchev–Trinajstić information content (AvgIpc) is 2.36. The van der Waals surface area contributed by atoms with Crippen LogP contribution in [0.1, 0.15) is 25.8 Å². The zero-order valence-corrected chi connectivity index (χ0v) is 12.1. The van der Waals surface area contributed by atoms with Crippen LogP contribution >= 0.6 is 0 Å². The Balaban J connectivity index is 2.74. The van der Waals surface area contributed by atoms with Gasteiger partial charge in [0, 0.05) is 5.69 Å². The monoisotopic (exact) mass is 318 g/mol. The molecule has 22 heavy (non-hydrogen) atoms. The van der Waals surface area contributed by atoms with Crippen LogP contribution in [0.15, 0.2) is 24.3 Å². The first-order valence-corrected chi connectivity index (χ1v) is 6.57. The highest BCUT2D eigenvalue weighted by Gasteiger charge is 2.30. The summed E-state index contributed by atoms with van der Waals surface area (Å²) in [6, 6.07) is 2.12. The second kappa shape index (κ2) is 7.15. The number of hydrogen-bond acceptors (Lipinski definition) is 2. The highest BCUT2D eigenvalue weighted by molar-refractivity contribution is 5.92. The molecule has 1 rings (SSSR count). The molecule has 2 amide bonds. The van der Waals surface area contributed by atoms with Crippen LogP contribution in [0.4, 0.5) is 23.7 Å². The average molecular weight is 318 g/mol. The first-order valence-electron chi connectivity index (χ1n) is 6.57. The molecule has 0 saturated heterocycles. The Bertz CT molecular complexity index is 544. The van der Waals surface area contributed by atoms with Crippen LogP contribution in [-0.4, -0.2) is 23.1 Å². The summed E-state index contributed by atoms with van der Waals surface area (Å²) in [6.45, 7) is 3.59. The van der Waals surface area contributed by atoms with E-state index in [4.69, 9.17) is 5.11 Å². The van der Waals surface area contributed by atoms with E-state index in [2.05, 4.69) is 10.6 Å². The van der Waals surface area contributed by atoms with Crippen LogP contribution < -0.4 is 10.6 Å². The summed E-state index contributed by atoms with van der Waals surface area (Å²) >= 11 is 0. The summed E-state index contributed by atoms with van der Waals surface area (Å²) in [5.41, 5.74) is -0.969. The standard InChI is InChI=1S/C14H17F3N2O3/c1-8(2)6-11(12(20)21)19-13(22)18-10-5-3-4-9(7-10)14(15,16)17/h3-5,7-8,11H,6H2,1-2H3,(H,20,21)(H2,18,19,22)/t11-/m0/s1. The number of carbonyl (C=O) groups is 2. The van der Waals surface area contributed by atoms with Crippen LogP contribution in [0.25, 0.3) is 0 Å². The molecule has 0 aliphatic rings. The molecule has 8 heteroatoms. The first kappa shape index (κ1) is 17.8. The fourth-order valence-electron chi connectivity index (χ4n) is 1.79. The van der Waals surface area contributed by atoms with Gasteiger partial charge in [0.05, 0.1) is 5.56 Å². The van der Waals surface area contributed by atoms with E-state index in [9.17, 15) is 22.8 Å². The molecule has 0 aliphatic heterocycles. The van der Waals surface area contributed by atoms with Gasteiger partial charge in [0.25, 0.3) is 0 Å². The van der Waals surface area contributed by atoms with Crippen molar-refractivity contribution in [2.45, 2.75) is 32.5 Å². The van der Waals surface area contributed by atoms with E-state index in [0.29, 0.717) is 0 Å². The minimum absolute atomic E-state index is 0.0370. The summed E-state index contributed by atoms with van der Waals surface area (Å²) in [4.78, 5) is 22.7. The van der Waals surface area contributed by atoms with Gasteiger partial charge in [-0.25, -0.2) is 9.59 Å². The van der Waals surface area contributed by atoms with Crippen molar-refractivity contribution in [3.8, 4) is 0 Å². The maximum Gasteiger partial charge on any atom is 0.416 e. The molecule has 1 atom stereocenters. The second-order valence-electron chi connectivity index (χ2n) is 5.20. The smallest absolute Gasteiger partial charge is 0.416 e. The Labute approximate surface area is 125 Å². The minimum Gasteiger partial charge on any atom is -0.480 e. The third-order valence-electron chi connectivity index (χ3n) is 2.76. The number of aliphatic carboxylic acids is 1. The van der Waals surface area contributed by atoms with Gasteiger partial charge in [0.2, 0.25) is 0 Å². The number of benzene rings is 1. The molecular formula is C14H17F3N2O3. The number of amides is 2. The predicted octanol–water partition coefficient (Wildman–Crippen LogP) is 3.33. The number of halogens is 3. The van der Waals surface area contributed by atoms with Crippen LogP contribution in [-0.2, 0) is 11.0 Å². The van der Waals surface area contributed by atoms with Crippen molar-refractivity contribution >= 4 is 17.7 Å². The maximum absolute atomic E-state index is 12.6. The van der Waals surface area contributed by atoms with E-state index >= 15 is 0 Å². The fraction of sp³-hybridized carbons (Fsp3) is 0.429. The van der Waals surface area contributed by atoms with Crippen molar-refractivity contribution in [3.05, 3.63) is 29.8 Å². The second-order valence-corrected chi connectivity index (χ2v) is 5.20. The Hall–Kier alpha value is -2.25. The van der Waals surface area contributed by atoms with Gasteiger partial charge in [-0.1, -0.05) is 19.9 Å². The molecule has 0 heterocycles. The third kappa shape index (κ3) is 5.63. The number of carboxylic acid groups (broad SMARTS) is 1. The maximum atomic E-state index is 12.6. The lowest BCUT2D eigenvalue weighted by Gasteiger charge is -2.17. The number of anilines is 1. The van der Waals surface area contributed by atoms with Crippen molar-refractivity contribution in [1.29, 1.82) is 0 Å². The van der Waals surface area contributed by atoms with Gasteiger partial charge in [0.1, 0.15) is 6.04 Å². The summed E-state index contributed by atoms with van der Waals surface area (Å²) in [7, 11) is 0. The summed E-state index contributed by atoms with van der Waals surface area (Å²) in [5.74, 6) is -1.16. The summed E-state index contributed by atoms with van der Waals surface area (Å²) in [6.07, 6.45) is -4.30. The molecule has 0 spiro atoms. The van der Waals surface area contributed by atoms with Gasteiger partial charge >= 0.3 is 18.2 Å². The number of hydrogen-bond donors (Lipinski definition) is 3. The molecule has 5 nitrogen and oxygen atoms in total. The molecule has 0 fully saturated rings. The van der Waals surface area contributed by atoms with Crippen LogP contribution in [0.2, 0.25) is 0 Å². The Morgan fingerprint density at radius 3 is 2.41 bits per heavy atom. The van der Waals surface area contributed by atoms with Gasteiger partial charge in [-0.3, -0.25) is 0 Å². The largest absolute Gasteiger partial charge is 0.480 e. The Morgan fingerprint density at radius 1 is 1.27 bits per heavy atom. The quantitative estimate of drug-likeness (QED) is 0.779. The molecule has 3 N–H and O–H groups in total. The lowest BCUT2D eigenvalue weighted by Crippen LogP contribution is -2.43. The van der Waals surface area contributed by atoms with E-state index in [1.165, 1.54) is 6.07 Å². The van der Waals surface area contributed by atoms with E-state index in [0.717, 1.165) is 18.2 Å². The van der Waals surface area contributed by atoms with Gasteiger partial charge in [-0.15, -0.1) is 0 Å². The molecule has 0 aliphatic carbocycles. The summed E-state index contributed by atoms with van der Waals surface area (Å²) in [5, 5.41) is 13.4. The van der Waals surface area contributed by atoms with Crippen LogP contribution in [0, 0.1) is 5.92 Å². The lowest BCUT2D eigenvalue weighted by atomic mass is 10.0. The molecule has 1 aromatic carbocycles. The lowest BCUT2D eigenvalue weighted by molar-refractivity contribution is -0.139. The fourth-order valence-corrected chi connectivity index (χ4v) is 1.79. The van der Waals surface area contributed by atoms with Crippen LogP contribution in [0.3, 0.4) is 0 Å². The van der Waals surface area contributed by atoms with Gasteiger partial charge in [-0.2, -0.15) is 13.2 Å². The van der Waals surface area contributed by atoms with Gasteiger partial charge in [-0.05, 0) is 30.5 Å². The zero-order chi connectivity index (χ0) is 16.9. The van der Waals surface area contributed by atoms with Gasteiger partial charge in [0.15, 0.2) is 0 Å². The topological polar surface area (TPSA) is 78.4 Å². The van der Waals surface area contributed by atoms with Crippen molar-refractivity contribution in [2.75, 3.05) is 5.32 Å². The SMILES string of the molecule is CC(C)C[C@H](NC(=O)Nc1cccc(C(F)(F)F)c1)C(=O)O. The normalized spacial score (nSPS) is 12.8. The summed E-state index contributed by atoms with van der Waals surface area (Å²) < 4.78 is 37.7. The first-order chi connectivity index (χ1) is 10.1. The molecule has 0 saturated carbocycles. The molecule has 0 aromatic heterocycles. The highest BCUT2D eigenvalue weighted by atomic mass is 19.4. The third-order valence-corrected chi connectivity index (χ3v) is 2.76. The molecule has 0 bridgehead atoms. The molecule has 1 aromatic rings. The van der Waals surface area contributed by atoms with Gasteiger partial charge < -0.3 is 15.7 Å². The number of urea groups is 1.